The van der Waals surface area contributed by atoms with E-state index in [1.54, 1.807) is 0 Å². The molecule has 1 aromatic carbocycles. The fourth-order valence-corrected chi connectivity index (χ4v) is 1.95. The number of aliphatic hydroxyl groups excluding tert-OH is 1. The summed E-state index contributed by atoms with van der Waals surface area (Å²) in [5.41, 5.74) is 0.839. The Kier molecular flexibility index (Phi) is 7.79. The van der Waals surface area contributed by atoms with E-state index in [0.717, 1.165) is 17.7 Å². The molecule has 1 unspecified atom stereocenters. The second-order valence-corrected chi connectivity index (χ2v) is 5.15. The van der Waals surface area contributed by atoms with Crippen molar-refractivity contribution in [3.05, 3.63) is 29.8 Å². The molecule has 1 aromatic rings. The van der Waals surface area contributed by atoms with Crippen molar-refractivity contribution in [1.82, 2.24) is 0 Å². The van der Waals surface area contributed by atoms with Crippen molar-refractivity contribution < 1.29 is 14.6 Å². The van der Waals surface area contributed by atoms with Crippen LogP contribution in [0.15, 0.2) is 24.3 Å². The Morgan fingerprint density at radius 2 is 2.00 bits per heavy atom. The highest BCUT2D eigenvalue weighted by atomic mass is 16.5. The van der Waals surface area contributed by atoms with Crippen molar-refractivity contribution in [2.24, 2.45) is 5.92 Å². The second-order valence-electron chi connectivity index (χ2n) is 5.15. The Labute approximate surface area is 121 Å². The molecule has 110 valence electrons. The summed E-state index contributed by atoms with van der Waals surface area (Å²) in [7, 11) is 0. The average molecular weight is 276 g/mol. The van der Waals surface area contributed by atoms with Crippen LogP contribution in [0.25, 0.3) is 0 Å². The Balaban J connectivity index is 2.31. The van der Waals surface area contributed by atoms with Gasteiger partial charge < -0.3 is 14.6 Å². The van der Waals surface area contributed by atoms with E-state index in [-0.39, 0.29) is 12.7 Å². The van der Waals surface area contributed by atoms with Gasteiger partial charge in [0.2, 0.25) is 0 Å². The largest absolute Gasteiger partial charge is 0.491 e. The fraction of sp³-hybridized carbons (Fsp3) is 0.529. The van der Waals surface area contributed by atoms with Gasteiger partial charge in [-0.3, -0.25) is 0 Å². The van der Waals surface area contributed by atoms with Crippen molar-refractivity contribution >= 4 is 0 Å². The number of hydrogen-bond donors (Lipinski definition) is 1. The van der Waals surface area contributed by atoms with E-state index in [0.29, 0.717) is 19.1 Å². The molecule has 0 aliphatic carbocycles. The molecule has 20 heavy (non-hydrogen) atoms. The van der Waals surface area contributed by atoms with Crippen LogP contribution in [0.1, 0.15) is 32.8 Å². The first-order valence-electron chi connectivity index (χ1n) is 7.06. The third kappa shape index (κ3) is 7.18. The first-order chi connectivity index (χ1) is 9.61. The van der Waals surface area contributed by atoms with Gasteiger partial charge in [-0.15, -0.1) is 0 Å². The van der Waals surface area contributed by atoms with Crippen LogP contribution in [0.5, 0.6) is 5.75 Å². The summed E-state index contributed by atoms with van der Waals surface area (Å²) in [6.45, 7) is 7.45. The predicted molar refractivity (Wildman–Crippen MR) is 80.8 cm³/mol. The Morgan fingerprint density at radius 1 is 1.20 bits per heavy atom. The maximum atomic E-state index is 8.66. The van der Waals surface area contributed by atoms with Gasteiger partial charge in [0.1, 0.15) is 19.0 Å². The lowest BCUT2D eigenvalue weighted by Crippen LogP contribution is -2.16. The molecule has 0 aromatic heterocycles. The van der Waals surface area contributed by atoms with E-state index in [1.807, 2.05) is 24.3 Å². The lowest BCUT2D eigenvalue weighted by atomic mass is 10.1. The molecule has 0 saturated heterocycles. The molecule has 1 rings (SSSR count). The highest BCUT2D eigenvalue weighted by Gasteiger charge is 2.04. The van der Waals surface area contributed by atoms with Gasteiger partial charge in [0.15, 0.2) is 0 Å². The number of ether oxygens (including phenoxy) is 2. The van der Waals surface area contributed by atoms with E-state index in [9.17, 15) is 0 Å². The minimum atomic E-state index is -0.132. The van der Waals surface area contributed by atoms with E-state index in [4.69, 9.17) is 14.6 Å². The van der Waals surface area contributed by atoms with E-state index in [1.165, 1.54) is 0 Å². The highest BCUT2D eigenvalue weighted by molar-refractivity contribution is 5.39. The fourth-order valence-electron chi connectivity index (χ4n) is 1.95. The van der Waals surface area contributed by atoms with Gasteiger partial charge in [-0.25, -0.2) is 0 Å². The molecule has 1 N–H and O–H groups in total. The quantitative estimate of drug-likeness (QED) is 0.615. The third-order valence-electron chi connectivity index (χ3n) is 2.70. The standard InChI is InChI=1S/C17H24O3/c1-14(2)12-15(3)19-10-11-20-17-8-4-6-16(13-17)7-5-9-18/h4,6,8,13-15,18H,9-12H2,1-3H3. The molecular formula is C17H24O3. The molecule has 0 fully saturated rings. The Bertz CT molecular complexity index is 443. The third-order valence-corrected chi connectivity index (χ3v) is 2.70. The number of benzene rings is 1. The SMILES string of the molecule is CC(C)CC(C)OCCOc1cccc(C#CCO)c1. The van der Waals surface area contributed by atoms with Crippen LogP contribution >= 0.6 is 0 Å². The lowest BCUT2D eigenvalue weighted by molar-refractivity contribution is 0.0331. The van der Waals surface area contributed by atoms with Gasteiger partial charge in [-0.05, 0) is 37.5 Å². The number of rotatable bonds is 7. The average Bonchev–Trinajstić information content (AvgIpc) is 2.41. The lowest BCUT2D eigenvalue weighted by Gasteiger charge is -2.15. The monoisotopic (exact) mass is 276 g/mol. The maximum absolute atomic E-state index is 8.66. The summed E-state index contributed by atoms with van der Waals surface area (Å²) in [5.74, 6) is 6.89. The molecule has 0 aliphatic rings. The summed E-state index contributed by atoms with van der Waals surface area (Å²) in [6, 6.07) is 7.53. The summed E-state index contributed by atoms with van der Waals surface area (Å²) >= 11 is 0. The molecule has 0 radical (unpaired) electrons. The van der Waals surface area contributed by atoms with Gasteiger partial charge in [0, 0.05) is 5.56 Å². The van der Waals surface area contributed by atoms with Crippen LogP contribution in [-0.4, -0.2) is 31.0 Å². The van der Waals surface area contributed by atoms with Gasteiger partial charge >= 0.3 is 0 Å². The highest BCUT2D eigenvalue weighted by Crippen LogP contribution is 2.13. The Hall–Kier alpha value is -1.50. The van der Waals surface area contributed by atoms with E-state index >= 15 is 0 Å². The minimum Gasteiger partial charge on any atom is -0.491 e. The molecular weight excluding hydrogens is 252 g/mol. The number of aliphatic hydroxyl groups is 1. The molecule has 1 atom stereocenters. The first kappa shape index (κ1) is 16.6. The van der Waals surface area contributed by atoms with Crippen LogP contribution in [0.3, 0.4) is 0 Å². The predicted octanol–water partition coefficient (Wildman–Crippen LogP) is 2.86. The van der Waals surface area contributed by atoms with Crippen molar-refractivity contribution in [2.75, 3.05) is 19.8 Å². The molecule has 3 heteroatoms. The summed E-state index contributed by atoms with van der Waals surface area (Å²) < 4.78 is 11.3. The van der Waals surface area contributed by atoms with Crippen molar-refractivity contribution in [3.63, 3.8) is 0 Å². The van der Waals surface area contributed by atoms with Crippen LogP contribution in [0, 0.1) is 17.8 Å². The molecule has 0 amide bonds. The first-order valence-corrected chi connectivity index (χ1v) is 7.06. The van der Waals surface area contributed by atoms with Crippen LogP contribution in [-0.2, 0) is 4.74 Å². The minimum absolute atomic E-state index is 0.132. The van der Waals surface area contributed by atoms with Crippen molar-refractivity contribution in [2.45, 2.75) is 33.3 Å². The molecule has 0 aliphatic heterocycles. The van der Waals surface area contributed by atoms with Gasteiger partial charge in [0.25, 0.3) is 0 Å². The second kappa shape index (κ2) is 9.41. The smallest absolute Gasteiger partial charge is 0.120 e. The normalized spacial score (nSPS) is 11.8. The summed E-state index contributed by atoms with van der Waals surface area (Å²) in [6.07, 6.45) is 1.33. The molecule has 0 saturated carbocycles. The van der Waals surface area contributed by atoms with Gasteiger partial charge in [0.05, 0.1) is 12.7 Å². The summed E-state index contributed by atoms with van der Waals surface area (Å²) in [5, 5.41) is 8.66. The zero-order valence-electron chi connectivity index (χ0n) is 12.6. The molecule has 0 spiro atoms. The van der Waals surface area contributed by atoms with Crippen LogP contribution < -0.4 is 4.74 Å². The van der Waals surface area contributed by atoms with E-state index < -0.39 is 0 Å². The summed E-state index contributed by atoms with van der Waals surface area (Å²) in [4.78, 5) is 0. The van der Waals surface area contributed by atoms with E-state index in [2.05, 4.69) is 32.6 Å². The van der Waals surface area contributed by atoms with Crippen molar-refractivity contribution in [3.8, 4) is 17.6 Å². The molecule has 3 nitrogen and oxygen atoms in total. The van der Waals surface area contributed by atoms with Gasteiger partial charge in [-0.1, -0.05) is 31.8 Å². The molecule has 0 bridgehead atoms. The Morgan fingerprint density at radius 3 is 2.70 bits per heavy atom. The topological polar surface area (TPSA) is 38.7 Å². The molecule has 0 heterocycles. The zero-order chi connectivity index (χ0) is 14.8. The maximum Gasteiger partial charge on any atom is 0.120 e. The van der Waals surface area contributed by atoms with Gasteiger partial charge in [-0.2, -0.15) is 0 Å². The zero-order valence-corrected chi connectivity index (χ0v) is 12.6. The van der Waals surface area contributed by atoms with Crippen LogP contribution in [0.4, 0.5) is 0 Å². The van der Waals surface area contributed by atoms with Crippen LogP contribution in [0.2, 0.25) is 0 Å². The number of hydrogen-bond acceptors (Lipinski definition) is 3. The van der Waals surface area contributed by atoms with Crippen molar-refractivity contribution in [1.29, 1.82) is 0 Å².